The zero-order valence-corrected chi connectivity index (χ0v) is 17.7. The van der Waals surface area contributed by atoms with Crippen LogP contribution in [0.2, 0.25) is 0 Å². The number of furan rings is 1. The first-order chi connectivity index (χ1) is 13.6. The van der Waals surface area contributed by atoms with Crippen molar-refractivity contribution in [1.29, 1.82) is 0 Å². The third-order valence-corrected chi connectivity index (χ3v) is 5.29. The van der Waals surface area contributed by atoms with E-state index < -0.39 is 0 Å². The average Bonchev–Trinajstić information content (AvgIpc) is 3.39. The summed E-state index contributed by atoms with van der Waals surface area (Å²) in [5.41, 5.74) is 1.14. The lowest BCUT2D eigenvalue weighted by Gasteiger charge is -2.19. The summed E-state index contributed by atoms with van der Waals surface area (Å²) >= 11 is 3.46. The van der Waals surface area contributed by atoms with Crippen LogP contribution in [0.4, 0.5) is 0 Å². The predicted molar refractivity (Wildman–Crippen MR) is 114 cm³/mol. The molecular weight excluding hydrogens is 420 g/mol. The van der Waals surface area contributed by atoms with E-state index in [0.717, 1.165) is 54.2 Å². The number of rotatable bonds is 7. The highest BCUT2D eigenvalue weighted by Crippen LogP contribution is 2.12. The second-order valence-corrected chi connectivity index (χ2v) is 7.79. The number of aliphatic imine (C=N–C) groups is 1. The summed E-state index contributed by atoms with van der Waals surface area (Å²) in [4.78, 5) is 18.6. The van der Waals surface area contributed by atoms with E-state index in [9.17, 15) is 4.79 Å². The van der Waals surface area contributed by atoms with E-state index >= 15 is 0 Å². The molecule has 1 atom stereocenters. The average molecular weight is 447 g/mol. The Morgan fingerprint density at radius 3 is 2.86 bits per heavy atom. The first kappa shape index (κ1) is 20.5. The second-order valence-electron chi connectivity index (χ2n) is 6.87. The van der Waals surface area contributed by atoms with Gasteiger partial charge in [0, 0.05) is 43.0 Å². The molecule has 1 aromatic carbocycles. The van der Waals surface area contributed by atoms with Crippen LogP contribution >= 0.6 is 15.9 Å². The Hall–Kier alpha value is -2.28. The molecule has 1 aliphatic heterocycles. The van der Waals surface area contributed by atoms with Crippen molar-refractivity contribution in [3.63, 3.8) is 0 Å². The van der Waals surface area contributed by atoms with Gasteiger partial charge in [0.05, 0.1) is 12.8 Å². The van der Waals surface area contributed by atoms with Crippen LogP contribution in [0.25, 0.3) is 0 Å². The minimum atomic E-state index is 0.212. The smallest absolute Gasteiger partial charge is 0.222 e. The summed E-state index contributed by atoms with van der Waals surface area (Å²) in [7, 11) is 0. The Labute approximate surface area is 174 Å². The van der Waals surface area contributed by atoms with Crippen LogP contribution in [0.15, 0.2) is 56.5 Å². The third-order valence-electron chi connectivity index (χ3n) is 4.76. The van der Waals surface area contributed by atoms with E-state index in [2.05, 4.69) is 38.7 Å². The molecule has 28 heavy (non-hydrogen) atoms. The van der Waals surface area contributed by atoms with Crippen LogP contribution in [0.5, 0.6) is 0 Å². The predicted octanol–water partition coefficient (Wildman–Crippen LogP) is 3.33. The van der Waals surface area contributed by atoms with Crippen molar-refractivity contribution in [2.75, 3.05) is 19.6 Å². The molecule has 0 saturated carbocycles. The Morgan fingerprint density at radius 2 is 2.14 bits per heavy atom. The molecule has 0 spiro atoms. The number of likely N-dealkylation sites (tertiary alicyclic amines) is 1. The van der Waals surface area contributed by atoms with Crippen LogP contribution in [0.3, 0.4) is 0 Å². The number of benzene rings is 1. The lowest BCUT2D eigenvalue weighted by atomic mass is 10.2. The summed E-state index contributed by atoms with van der Waals surface area (Å²) in [5.74, 6) is 1.93. The highest BCUT2D eigenvalue weighted by molar-refractivity contribution is 9.10. The summed E-state index contributed by atoms with van der Waals surface area (Å²) < 4.78 is 6.45. The van der Waals surface area contributed by atoms with E-state index in [-0.39, 0.29) is 11.9 Å². The minimum Gasteiger partial charge on any atom is -0.469 e. The molecule has 1 aromatic heterocycles. The topological polar surface area (TPSA) is 69.9 Å². The van der Waals surface area contributed by atoms with Crippen molar-refractivity contribution < 1.29 is 9.21 Å². The lowest BCUT2D eigenvalue weighted by molar-refractivity contribution is -0.129. The second kappa shape index (κ2) is 10.3. The van der Waals surface area contributed by atoms with Crippen LogP contribution in [-0.2, 0) is 17.8 Å². The normalized spacial score (nSPS) is 17.0. The number of nitrogens with zero attached hydrogens (tertiary/aromatic N) is 2. The van der Waals surface area contributed by atoms with Gasteiger partial charge in [0.25, 0.3) is 0 Å². The van der Waals surface area contributed by atoms with Gasteiger partial charge in [-0.2, -0.15) is 0 Å². The molecule has 1 unspecified atom stereocenters. The monoisotopic (exact) mass is 446 g/mol. The van der Waals surface area contributed by atoms with Gasteiger partial charge in [0.15, 0.2) is 5.96 Å². The van der Waals surface area contributed by atoms with Gasteiger partial charge in [-0.15, -0.1) is 0 Å². The van der Waals surface area contributed by atoms with E-state index in [1.54, 1.807) is 6.26 Å². The van der Waals surface area contributed by atoms with Crippen molar-refractivity contribution in [3.05, 3.63) is 58.5 Å². The lowest BCUT2D eigenvalue weighted by Crippen LogP contribution is -2.45. The molecule has 1 saturated heterocycles. The maximum absolute atomic E-state index is 11.9. The fourth-order valence-corrected chi connectivity index (χ4v) is 3.46. The first-order valence-electron chi connectivity index (χ1n) is 9.73. The number of hydrogen-bond donors (Lipinski definition) is 2. The van der Waals surface area contributed by atoms with Crippen LogP contribution in [0, 0.1) is 0 Å². The van der Waals surface area contributed by atoms with E-state index in [0.29, 0.717) is 13.0 Å². The van der Waals surface area contributed by atoms with Gasteiger partial charge in [-0.25, -0.2) is 4.99 Å². The maximum Gasteiger partial charge on any atom is 0.222 e. The van der Waals surface area contributed by atoms with E-state index in [1.165, 1.54) is 0 Å². The fourth-order valence-electron chi connectivity index (χ4n) is 3.19. The Balaban J connectivity index is 1.59. The molecule has 1 fully saturated rings. The number of guanidine groups is 1. The molecule has 0 radical (unpaired) electrons. The molecule has 2 N–H and O–H groups in total. The summed E-state index contributed by atoms with van der Waals surface area (Å²) in [5, 5.41) is 6.88. The molecule has 2 heterocycles. The molecule has 0 bridgehead atoms. The van der Waals surface area contributed by atoms with Gasteiger partial charge < -0.3 is 20.0 Å². The van der Waals surface area contributed by atoms with E-state index in [4.69, 9.17) is 9.41 Å². The van der Waals surface area contributed by atoms with Crippen LogP contribution < -0.4 is 10.6 Å². The Bertz CT molecular complexity index is 774. The van der Waals surface area contributed by atoms with Crippen molar-refractivity contribution in [3.8, 4) is 0 Å². The molecule has 1 amide bonds. The summed E-state index contributed by atoms with van der Waals surface area (Å²) in [6, 6.07) is 12.3. The van der Waals surface area contributed by atoms with Crippen LogP contribution in [-0.4, -0.2) is 42.4 Å². The number of hydrogen-bond acceptors (Lipinski definition) is 3. The van der Waals surface area contributed by atoms with Crippen molar-refractivity contribution in [1.82, 2.24) is 15.5 Å². The van der Waals surface area contributed by atoms with Crippen LogP contribution in [0.1, 0.15) is 31.1 Å². The highest BCUT2D eigenvalue weighted by atomic mass is 79.9. The number of amides is 1. The van der Waals surface area contributed by atoms with E-state index in [1.807, 2.05) is 36.1 Å². The van der Waals surface area contributed by atoms with Gasteiger partial charge in [0.2, 0.25) is 5.91 Å². The Morgan fingerprint density at radius 1 is 1.32 bits per heavy atom. The molecule has 0 aliphatic carbocycles. The number of halogens is 1. The zero-order chi connectivity index (χ0) is 19.8. The van der Waals surface area contributed by atoms with Gasteiger partial charge in [-0.3, -0.25) is 4.79 Å². The number of carbonyl (C=O) groups is 1. The van der Waals surface area contributed by atoms with Gasteiger partial charge in [-0.1, -0.05) is 35.0 Å². The number of carbonyl (C=O) groups excluding carboxylic acids is 1. The minimum absolute atomic E-state index is 0.212. The fraction of sp³-hybridized carbons (Fsp3) is 0.429. The molecule has 2 aromatic rings. The molecule has 1 aliphatic rings. The maximum atomic E-state index is 11.9. The molecule has 3 rings (SSSR count). The third kappa shape index (κ3) is 6.12. The van der Waals surface area contributed by atoms with Gasteiger partial charge in [-0.05, 0) is 36.2 Å². The first-order valence-corrected chi connectivity index (χ1v) is 10.5. The summed E-state index contributed by atoms with van der Waals surface area (Å²) in [6.45, 7) is 4.75. The molecule has 6 nitrogen and oxygen atoms in total. The SMILES string of the molecule is CCC(=O)N1CCC(NC(=NCc2ccc(Br)cc2)NCCc2ccco2)C1. The zero-order valence-electron chi connectivity index (χ0n) is 16.2. The molecule has 150 valence electrons. The number of nitrogens with one attached hydrogen (secondary N) is 2. The summed E-state index contributed by atoms with van der Waals surface area (Å²) in [6.07, 6.45) is 3.96. The largest absolute Gasteiger partial charge is 0.469 e. The quantitative estimate of drug-likeness (QED) is 0.505. The molecular formula is C21H27BrN4O2. The highest BCUT2D eigenvalue weighted by Gasteiger charge is 2.25. The van der Waals surface area contributed by atoms with Crippen molar-refractivity contribution in [2.45, 2.75) is 38.8 Å². The van der Waals surface area contributed by atoms with Gasteiger partial charge in [0.1, 0.15) is 5.76 Å². The van der Waals surface area contributed by atoms with Crippen molar-refractivity contribution >= 4 is 27.8 Å². The standard InChI is InChI=1S/C21H27BrN4O2/c1-2-20(27)26-12-10-18(15-26)25-21(23-11-9-19-4-3-13-28-19)24-14-16-5-7-17(22)8-6-16/h3-8,13,18H,2,9-12,14-15H2,1H3,(H2,23,24,25). The van der Waals surface area contributed by atoms with Crippen molar-refractivity contribution in [2.24, 2.45) is 4.99 Å². The van der Waals surface area contributed by atoms with Gasteiger partial charge >= 0.3 is 0 Å². The Kier molecular flexibility index (Phi) is 7.54. The molecule has 7 heteroatoms.